The van der Waals surface area contributed by atoms with Gasteiger partial charge in [-0.3, -0.25) is 4.79 Å². The molecule has 22 heavy (non-hydrogen) atoms. The van der Waals surface area contributed by atoms with Crippen LogP contribution < -0.4 is 11.1 Å². The summed E-state index contributed by atoms with van der Waals surface area (Å²) >= 11 is 1.70. The van der Waals surface area contributed by atoms with Gasteiger partial charge >= 0.3 is 0 Å². The molecule has 0 aliphatic heterocycles. The number of nitrogens with one attached hydrogen (secondary N) is 1. The van der Waals surface area contributed by atoms with E-state index >= 15 is 0 Å². The smallest absolute Gasteiger partial charge is 0.237 e. The lowest BCUT2D eigenvalue weighted by Gasteiger charge is -2.14. The molecule has 0 saturated heterocycles. The first-order chi connectivity index (χ1) is 10.2. The topological polar surface area (TPSA) is 64.3 Å². The SMILES string of the molecule is CCCOCc1ccccc1CNC(=O)[C@@H](N)CCSC.Cl. The molecule has 0 spiro atoms. The fourth-order valence-electron chi connectivity index (χ4n) is 1.89. The molecule has 126 valence electrons. The van der Waals surface area contributed by atoms with Crippen molar-refractivity contribution < 1.29 is 9.53 Å². The Bertz CT molecular complexity index is 432. The van der Waals surface area contributed by atoms with Gasteiger partial charge in [0.1, 0.15) is 0 Å². The number of amides is 1. The second kappa shape index (κ2) is 12.8. The van der Waals surface area contributed by atoms with Gasteiger partial charge in [0.25, 0.3) is 0 Å². The summed E-state index contributed by atoms with van der Waals surface area (Å²) in [7, 11) is 0. The molecule has 0 aliphatic carbocycles. The van der Waals surface area contributed by atoms with Crippen LogP contribution in [0.1, 0.15) is 30.9 Å². The number of hydrogen-bond acceptors (Lipinski definition) is 4. The molecule has 1 aromatic rings. The molecule has 0 aromatic heterocycles. The number of hydrogen-bond donors (Lipinski definition) is 2. The Labute approximate surface area is 144 Å². The highest BCUT2D eigenvalue weighted by Gasteiger charge is 2.13. The van der Waals surface area contributed by atoms with Crippen molar-refractivity contribution >= 4 is 30.1 Å². The van der Waals surface area contributed by atoms with Gasteiger partial charge in [0.2, 0.25) is 5.91 Å². The normalized spacial score (nSPS) is 11.6. The van der Waals surface area contributed by atoms with Gasteiger partial charge < -0.3 is 15.8 Å². The Kier molecular flexibility index (Phi) is 12.3. The van der Waals surface area contributed by atoms with Crippen LogP contribution in [-0.2, 0) is 22.7 Å². The van der Waals surface area contributed by atoms with Crippen LogP contribution in [0.15, 0.2) is 24.3 Å². The number of rotatable bonds is 10. The van der Waals surface area contributed by atoms with Gasteiger partial charge in [0, 0.05) is 13.2 Å². The summed E-state index contributed by atoms with van der Waals surface area (Å²) in [4.78, 5) is 11.9. The molecule has 1 amide bonds. The van der Waals surface area contributed by atoms with Gasteiger partial charge in [-0.25, -0.2) is 0 Å². The lowest BCUT2D eigenvalue weighted by molar-refractivity contribution is -0.122. The van der Waals surface area contributed by atoms with E-state index in [0.717, 1.165) is 29.9 Å². The predicted octanol–water partition coefficient (Wildman–Crippen LogP) is 2.73. The molecule has 1 rings (SSSR count). The van der Waals surface area contributed by atoms with Crippen LogP contribution in [0, 0.1) is 0 Å². The third kappa shape index (κ3) is 8.03. The van der Waals surface area contributed by atoms with Crippen molar-refractivity contribution in [2.24, 2.45) is 5.73 Å². The van der Waals surface area contributed by atoms with E-state index in [0.29, 0.717) is 19.6 Å². The van der Waals surface area contributed by atoms with Gasteiger partial charge in [-0.1, -0.05) is 31.2 Å². The van der Waals surface area contributed by atoms with E-state index in [4.69, 9.17) is 10.5 Å². The Balaban J connectivity index is 0.00000441. The summed E-state index contributed by atoms with van der Waals surface area (Å²) in [6.45, 7) is 3.91. The highest BCUT2D eigenvalue weighted by Crippen LogP contribution is 2.10. The number of nitrogens with two attached hydrogens (primary N) is 1. The molecule has 0 aliphatic rings. The Morgan fingerprint density at radius 3 is 2.68 bits per heavy atom. The number of thioether (sulfide) groups is 1. The van der Waals surface area contributed by atoms with Crippen molar-refractivity contribution in [3.63, 3.8) is 0 Å². The second-order valence-electron chi connectivity index (χ2n) is 4.93. The van der Waals surface area contributed by atoms with Crippen molar-refractivity contribution in [3.8, 4) is 0 Å². The summed E-state index contributed by atoms with van der Waals surface area (Å²) in [6.07, 6.45) is 3.72. The average Bonchev–Trinajstić information content (AvgIpc) is 2.51. The molecule has 4 nitrogen and oxygen atoms in total. The number of carbonyl (C=O) groups excluding carboxylic acids is 1. The van der Waals surface area contributed by atoms with Crippen molar-refractivity contribution in [2.45, 2.75) is 39.0 Å². The Hall–Kier alpha value is -0.750. The first-order valence-corrected chi connectivity index (χ1v) is 8.75. The lowest BCUT2D eigenvalue weighted by atomic mass is 10.1. The number of ether oxygens (including phenoxy) is 1. The minimum absolute atomic E-state index is 0. The molecular weight excluding hydrogens is 320 g/mol. The van der Waals surface area contributed by atoms with Crippen molar-refractivity contribution in [2.75, 3.05) is 18.6 Å². The maximum absolute atomic E-state index is 11.9. The van der Waals surface area contributed by atoms with Gasteiger partial charge in [-0.15, -0.1) is 12.4 Å². The highest BCUT2D eigenvalue weighted by atomic mass is 35.5. The van der Waals surface area contributed by atoms with E-state index in [9.17, 15) is 4.79 Å². The molecule has 0 unspecified atom stereocenters. The molecule has 0 fully saturated rings. The van der Waals surface area contributed by atoms with E-state index < -0.39 is 6.04 Å². The van der Waals surface area contributed by atoms with Gasteiger partial charge in [-0.2, -0.15) is 11.8 Å². The minimum atomic E-state index is -0.430. The molecule has 3 N–H and O–H groups in total. The zero-order chi connectivity index (χ0) is 15.5. The largest absolute Gasteiger partial charge is 0.377 e. The number of halogens is 1. The maximum Gasteiger partial charge on any atom is 0.237 e. The first kappa shape index (κ1) is 21.2. The molecule has 0 saturated carbocycles. The zero-order valence-corrected chi connectivity index (χ0v) is 15.0. The van der Waals surface area contributed by atoms with Crippen molar-refractivity contribution in [1.82, 2.24) is 5.32 Å². The minimum Gasteiger partial charge on any atom is -0.377 e. The fourth-order valence-corrected chi connectivity index (χ4v) is 2.38. The van der Waals surface area contributed by atoms with Gasteiger partial charge in [0.15, 0.2) is 0 Å². The zero-order valence-electron chi connectivity index (χ0n) is 13.3. The van der Waals surface area contributed by atoms with E-state index in [1.54, 1.807) is 11.8 Å². The van der Waals surface area contributed by atoms with Crippen LogP contribution in [0.2, 0.25) is 0 Å². The molecule has 6 heteroatoms. The van der Waals surface area contributed by atoms with Crippen LogP contribution in [0.5, 0.6) is 0 Å². The van der Waals surface area contributed by atoms with Crippen LogP contribution in [0.3, 0.4) is 0 Å². The van der Waals surface area contributed by atoms with Crippen LogP contribution in [0.4, 0.5) is 0 Å². The third-order valence-corrected chi connectivity index (χ3v) is 3.79. The quantitative estimate of drug-likeness (QED) is 0.639. The first-order valence-electron chi connectivity index (χ1n) is 7.35. The summed E-state index contributed by atoms with van der Waals surface area (Å²) < 4.78 is 5.58. The van der Waals surface area contributed by atoms with Crippen LogP contribution in [0.25, 0.3) is 0 Å². The maximum atomic E-state index is 11.9. The molecule has 0 bridgehead atoms. The Morgan fingerprint density at radius 1 is 1.36 bits per heavy atom. The van der Waals surface area contributed by atoms with Crippen LogP contribution in [-0.4, -0.2) is 30.6 Å². The molecule has 1 atom stereocenters. The summed E-state index contributed by atoms with van der Waals surface area (Å²) in [5.41, 5.74) is 8.05. The van der Waals surface area contributed by atoms with Crippen LogP contribution >= 0.6 is 24.2 Å². The van der Waals surface area contributed by atoms with Gasteiger partial charge in [0.05, 0.1) is 12.6 Å². The number of carbonyl (C=O) groups is 1. The van der Waals surface area contributed by atoms with E-state index in [1.165, 1.54) is 0 Å². The van der Waals surface area contributed by atoms with Gasteiger partial charge in [-0.05, 0) is 36.0 Å². The van der Waals surface area contributed by atoms with Crippen molar-refractivity contribution in [1.29, 1.82) is 0 Å². The third-order valence-electron chi connectivity index (χ3n) is 3.15. The predicted molar refractivity (Wildman–Crippen MR) is 96.5 cm³/mol. The Morgan fingerprint density at radius 2 is 2.05 bits per heavy atom. The summed E-state index contributed by atoms with van der Waals surface area (Å²) in [6, 6.07) is 7.57. The highest BCUT2D eigenvalue weighted by molar-refractivity contribution is 7.98. The number of benzene rings is 1. The van der Waals surface area contributed by atoms with E-state index in [1.807, 2.05) is 30.5 Å². The van der Waals surface area contributed by atoms with E-state index in [-0.39, 0.29) is 18.3 Å². The van der Waals surface area contributed by atoms with E-state index in [2.05, 4.69) is 12.2 Å². The molecule has 0 radical (unpaired) electrons. The molecule has 1 aromatic carbocycles. The summed E-state index contributed by atoms with van der Waals surface area (Å²) in [5.74, 6) is 0.809. The lowest BCUT2D eigenvalue weighted by Crippen LogP contribution is -2.40. The average molecular weight is 347 g/mol. The van der Waals surface area contributed by atoms with Crippen molar-refractivity contribution in [3.05, 3.63) is 35.4 Å². The summed E-state index contributed by atoms with van der Waals surface area (Å²) in [5, 5.41) is 2.91. The molecule has 0 heterocycles. The molecular formula is C16H27ClN2O2S. The fraction of sp³-hybridized carbons (Fsp3) is 0.562. The second-order valence-corrected chi connectivity index (χ2v) is 5.91. The monoisotopic (exact) mass is 346 g/mol. The standard InChI is InChI=1S/C16H26N2O2S.ClH/c1-3-9-20-12-14-7-5-4-6-13(14)11-18-16(19)15(17)8-10-21-2;/h4-7,15H,3,8-12,17H2,1-2H3,(H,18,19);1H/t15-;/m0./s1.